The molecular formula is C22H24N2O6S. The van der Waals surface area contributed by atoms with Gasteiger partial charge in [-0.2, -0.15) is 0 Å². The Morgan fingerprint density at radius 2 is 1.48 bits per heavy atom. The van der Waals surface area contributed by atoms with Gasteiger partial charge in [-0.3, -0.25) is 9.69 Å². The van der Waals surface area contributed by atoms with Crippen molar-refractivity contribution in [1.82, 2.24) is 4.98 Å². The van der Waals surface area contributed by atoms with E-state index in [1.165, 1.54) is 30.5 Å². The molecule has 0 bridgehead atoms. The molecule has 9 heteroatoms. The quantitative estimate of drug-likeness (QED) is 0.517. The average Bonchev–Trinajstić information content (AvgIpc) is 3.31. The highest BCUT2D eigenvalue weighted by Gasteiger charge is 2.23. The first kappa shape index (κ1) is 22.2. The number of thiazole rings is 1. The summed E-state index contributed by atoms with van der Waals surface area (Å²) in [6, 6.07) is 8.79. The molecule has 31 heavy (non-hydrogen) atoms. The standard InChI is InChI=1S/C22H24N2O6S/c1-24(21(25)14-8-7-9-16(26-2)19(14)29-5)22-23-15(12-31-22)13-10-17(27-3)20(30-6)18(11-13)28-4/h7-12H,1-6H3. The molecule has 0 saturated heterocycles. The van der Waals surface area contributed by atoms with Crippen molar-refractivity contribution >= 4 is 22.4 Å². The van der Waals surface area contributed by atoms with E-state index in [-0.39, 0.29) is 5.91 Å². The monoisotopic (exact) mass is 444 g/mol. The van der Waals surface area contributed by atoms with E-state index in [9.17, 15) is 4.79 Å². The third kappa shape index (κ3) is 4.22. The molecule has 1 amide bonds. The van der Waals surface area contributed by atoms with Gasteiger partial charge in [0.15, 0.2) is 28.1 Å². The fourth-order valence-corrected chi connectivity index (χ4v) is 3.90. The fourth-order valence-electron chi connectivity index (χ4n) is 3.10. The largest absolute Gasteiger partial charge is 0.493 e. The minimum atomic E-state index is -0.262. The summed E-state index contributed by atoms with van der Waals surface area (Å²) in [7, 11) is 9.36. The van der Waals surface area contributed by atoms with Crippen LogP contribution in [0, 0.1) is 0 Å². The van der Waals surface area contributed by atoms with Crippen molar-refractivity contribution in [3.05, 3.63) is 41.3 Å². The zero-order valence-electron chi connectivity index (χ0n) is 18.2. The van der Waals surface area contributed by atoms with Crippen molar-refractivity contribution in [2.75, 3.05) is 47.5 Å². The smallest absolute Gasteiger partial charge is 0.263 e. The summed E-state index contributed by atoms with van der Waals surface area (Å²) >= 11 is 1.34. The summed E-state index contributed by atoms with van der Waals surface area (Å²) in [6.07, 6.45) is 0. The van der Waals surface area contributed by atoms with Crippen molar-refractivity contribution < 1.29 is 28.5 Å². The molecule has 0 spiro atoms. The second kappa shape index (κ2) is 9.57. The van der Waals surface area contributed by atoms with Crippen LogP contribution in [0.4, 0.5) is 5.13 Å². The number of rotatable bonds is 8. The Balaban J connectivity index is 1.95. The van der Waals surface area contributed by atoms with Crippen molar-refractivity contribution in [2.45, 2.75) is 0 Å². The molecule has 1 heterocycles. The van der Waals surface area contributed by atoms with Crippen molar-refractivity contribution in [1.29, 1.82) is 0 Å². The molecule has 2 aromatic carbocycles. The van der Waals surface area contributed by atoms with E-state index >= 15 is 0 Å². The molecular weight excluding hydrogens is 420 g/mol. The Morgan fingerprint density at radius 3 is 2.03 bits per heavy atom. The van der Waals surface area contributed by atoms with E-state index in [2.05, 4.69) is 4.98 Å². The molecule has 0 aliphatic heterocycles. The number of nitrogens with zero attached hydrogens (tertiary/aromatic N) is 2. The lowest BCUT2D eigenvalue weighted by molar-refractivity contribution is 0.0989. The zero-order chi connectivity index (χ0) is 22.5. The number of carbonyl (C=O) groups is 1. The minimum absolute atomic E-state index is 0.262. The minimum Gasteiger partial charge on any atom is -0.493 e. The second-order valence-electron chi connectivity index (χ2n) is 6.33. The first-order valence-electron chi connectivity index (χ1n) is 9.23. The van der Waals surface area contributed by atoms with Gasteiger partial charge in [-0.05, 0) is 24.3 Å². The van der Waals surface area contributed by atoms with Crippen LogP contribution in [0.2, 0.25) is 0 Å². The average molecular weight is 445 g/mol. The molecule has 0 radical (unpaired) electrons. The van der Waals surface area contributed by atoms with E-state index in [1.54, 1.807) is 46.6 Å². The number of anilines is 1. The maximum atomic E-state index is 13.1. The van der Waals surface area contributed by atoms with Gasteiger partial charge in [0.25, 0.3) is 5.91 Å². The van der Waals surface area contributed by atoms with Crippen LogP contribution in [0.1, 0.15) is 10.4 Å². The predicted octanol–water partition coefficient (Wildman–Crippen LogP) is 4.13. The van der Waals surface area contributed by atoms with Gasteiger partial charge >= 0.3 is 0 Å². The van der Waals surface area contributed by atoms with Gasteiger partial charge in [0.2, 0.25) is 5.75 Å². The topological polar surface area (TPSA) is 79.4 Å². The Bertz CT molecular complexity index is 1060. The van der Waals surface area contributed by atoms with E-state index in [0.29, 0.717) is 45.1 Å². The lowest BCUT2D eigenvalue weighted by atomic mass is 10.1. The Morgan fingerprint density at radius 1 is 0.871 bits per heavy atom. The van der Waals surface area contributed by atoms with Crippen LogP contribution >= 0.6 is 11.3 Å². The van der Waals surface area contributed by atoms with Gasteiger partial charge in [-0.25, -0.2) is 4.98 Å². The number of carbonyl (C=O) groups excluding carboxylic acids is 1. The summed E-state index contributed by atoms with van der Waals surface area (Å²) in [5.41, 5.74) is 1.84. The van der Waals surface area contributed by atoms with Gasteiger partial charge < -0.3 is 23.7 Å². The van der Waals surface area contributed by atoms with Gasteiger partial charge in [0.1, 0.15) is 0 Å². The molecule has 1 aromatic heterocycles. The summed E-state index contributed by atoms with van der Waals surface area (Å²) in [6.45, 7) is 0. The summed E-state index contributed by atoms with van der Waals surface area (Å²) in [5.74, 6) is 2.15. The van der Waals surface area contributed by atoms with Gasteiger partial charge in [-0.15, -0.1) is 11.3 Å². The van der Waals surface area contributed by atoms with Crippen LogP contribution in [-0.4, -0.2) is 53.5 Å². The van der Waals surface area contributed by atoms with Crippen LogP contribution in [0.3, 0.4) is 0 Å². The molecule has 0 saturated carbocycles. The maximum absolute atomic E-state index is 13.1. The molecule has 3 rings (SSSR count). The highest BCUT2D eigenvalue weighted by atomic mass is 32.1. The molecule has 0 unspecified atom stereocenters. The highest BCUT2D eigenvalue weighted by molar-refractivity contribution is 7.14. The van der Waals surface area contributed by atoms with Crippen molar-refractivity contribution in [2.24, 2.45) is 0 Å². The number of ether oxygens (including phenoxy) is 5. The first-order chi connectivity index (χ1) is 15.0. The fraction of sp³-hybridized carbons (Fsp3) is 0.273. The number of hydrogen-bond acceptors (Lipinski definition) is 8. The van der Waals surface area contributed by atoms with Gasteiger partial charge in [-0.1, -0.05) is 6.07 Å². The maximum Gasteiger partial charge on any atom is 0.263 e. The Kier molecular flexibility index (Phi) is 6.86. The number of amides is 1. The lowest BCUT2D eigenvalue weighted by Crippen LogP contribution is -2.26. The SMILES string of the molecule is COc1cc(-c2csc(N(C)C(=O)c3cccc(OC)c3OC)n2)cc(OC)c1OC. The molecule has 0 aliphatic carbocycles. The van der Waals surface area contributed by atoms with E-state index < -0.39 is 0 Å². The molecule has 164 valence electrons. The van der Waals surface area contributed by atoms with E-state index in [1.807, 2.05) is 17.5 Å². The first-order valence-corrected chi connectivity index (χ1v) is 10.1. The molecule has 0 atom stereocenters. The second-order valence-corrected chi connectivity index (χ2v) is 7.17. The number of aromatic nitrogens is 1. The van der Waals surface area contributed by atoms with Crippen LogP contribution < -0.4 is 28.6 Å². The van der Waals surface area contributed by atoms with E-state index in [0.717, 1.165) is 5.56 Å². The summed E-state index contributed by atoms with van der Waals surface area (Å²) in [5, 5.41) is 2.39. The molecule has 3 aromatic rings. The van der Waals surface area contributed by atoms with Crippen LogP contribution in [-0.2, 0) is 0 Å². The Labute approximate surface area is 184 Å². The number of para-hydroxylation sites is 1. The van der Waals surface area contributed by atoms with Gasteiger partial charge in [0.05, 0.1) is 46.8 Å². The summed E-state index contributed by atoms with van der Waals surface area (Å²) in [4.78, 5) is 19.2. The third-order valence-corrected chi connectivity index (χ3v) is 5.59. The van der Waals surface area contributed by atoms with Gasteiger partial charge in [0, 0.05) is 18.0 Å². The highest BCUT2D eigenvalue weighted by Crippen LogP contribution is 2.42. The summed E-state index contributed by atoms with van der Waals surface area (Å²) < 4.78 is 26.9. The third-order valence-electron chi connectivity index (χ3n) is 4.68. The zero-order valence-corrected chi connectivity index (χ0v) is 19.0. The number of methoxy groups -OCH3 is 5. The lowest BCUT2D eigenvalue weighted by Gasteiger charge is -2.17. The normalized spacial score (nSPS) is 10.4. The Hall–Kier alpha value is -3.46. The van der Waals surface area contributed by atoms with Crippen LogP contribution in [0.25, 0.3) is 11.3 Å². The predicted molar refractivity (Wildman–Crippen MR) is 119 cm³/mol. The van der Waals surface area contributed by atoms with E-state index in [4.69, 9.17) is 23.7 Å². The molecule has 8 nitrogen and oxygen atoms in total. The number of benzene rings is 2. The van der Waals surface area contributed by atoms with Crippen LogP contribution in [0.15, 0.2) is 35.7 Å². The van der Waals surface area contributed by atoms with Crippen molar-refractivity contribution in [3.63, 3.8) is 0 Å². The molecule has 0 fully saturated rings. The van der Waals surface area contributed by atoms with Crippen LogP contribution in [0.5, 0.6) is 28.7 Å². The number of hydrogen-bond donors (Lipinski definition) is 0. The molecule has 0 aliphatic rings. The molecule has 0 N–H and O–H groups in total. The van der Waals surface area contributed by atoms with Crippen molar-refractivity contribution in [3.8, 4) is 40.0 Å².